The first kappa shape index (κ1) is 16.7. The van der Waals surface area contributed by atoms with Crippen molar-refractivity contribution >= 4 is 0 Å². The molecule has 0 aliphatic carbocycles. The van der Waals surface area contributed by atoms with E-state index in [-0.39, 0.29) is 0 Å². The SMILES string of the molecule is OCCC1CCCCN1CC1CCNCC1N1CCCCC1. The van der Waals surface area contributed by atoms with Crippen LogP contribution in [0.2, 0.25) is 0 Å². The summed E-state index contributed by atoms with van der Waals surface area (Å²) in [5.41, 5.74) is 0. The molecule has 0 aromatic rings. The van der Waals surface area contributed by atoms with Crippen LogP contribution in [-0.4, -0.2) is 72.9 Å². The van der Waals surface area contributed by atoms with E-state index in [0.29, 0.717) is 12.6 Å². The molecule has 3 heterocycles. The fourth-order valence-corrected chi connectivity index (χ4v) is 4.86. The average molecular weight is 309 g/mol. The summed E-state index contributed by atoms with van der Waals surface area (Å²) in [6.45, 7) is 7.85. The molecular weight excluding hydrogens is 274 g/mol. The lowest BCUT2D eigenvalue weighted by Crippen LogP contribution is -2.56. The third kappa shape index (κ3) is 4.22. The molecule has 0 spiro atoms. The van der Waals surface area contributed by atoms with Gasteiger partial charge in [0.2, 0.25) is 0 Å². The summed E-state index contributed by atoms with van der Waals surface area (Å²) in [6, 6.07) is 1.38. The second-order valence-electron chi connectivity index (χ2n) is 7.57. The highest BCUT2D eigenvalue weighted by Gasteiger charge is 2.33. The van der Waals surface area contributed by atoms with Crippen molar-refractivity contribution in [1.29, 1.82) is 0 Å². The number of hydrogen-bond donors (Lipinski definition) is 2. The molecule has 4 heteroatoms. The summed E-state index contributed by atoms with van der Waals surface area (Å²) in [4.78, 5) is 5.48. The molecule has 0 bridgehead atoms. The lowest BCUT2D eigenvalue weighted by atomic mass is 9.88. The van der Waals surface area contributed by atoms with Gasteiger partial charge in [-0.05, 0) is 70.6 Å². The second kappa shape index (κ2) is 8.62. The van der Waals surface area contributed by atoms with Crippen molar-refractivity contribution in [2.45, 2.75) is 63.5 Å². The third-order valence-electron chi connectivity index (χ3n) is 6.13. The molecule has 3 aliphatic heterocycles. The largest absolute Gasteiger partial charge is 0.396 e. The number of piperidine rings is 3. The summed E-state index contributed by atoms with van der Waals surface area (Å²) in [5.74, 6) is 0.818. The molecular formula is C18H35N3O. The molecule has 0 saturated carbocycles. The van der Waals surface area contributed by atoms with Gasteiger partial charge in [-0.3, -0.25) is 9.80 Å². The van der Waals surface area contributed by atoms with E-state index in [0.717, 1.165) is 18.4 Å². The Morgan fingerprint density at radius 2 is 1.77 bits per heavy atom. The topological polar surface area (TPSA) is 38.7 Å². The lowest BCUT2D eigenvalue weighted by molar-refractivity contribution is 0.0433. The van der Waals surface area contributed by atoms with E-state index >= 15 is 0 Å². The smallest absolute Gasteiger partial charge is 0.0445 e. The third-order valence-corrected chi connectivity index (χ3v) is 6.13. The highest BCUT2D eigenvalue weighted by Crippen LogP contribution is 2.27. The summed E-state index contributed by atoms with van der Waals surface area (Å²) in [5, 5.41) is 13.0. The van der Waals surface area contributed by atoms with Crippen LogP contribution in [0.3, 0.4) is 0 Å². The Morgan fingerprint density at radius 3 is 2.59 bits per heavy atom. The minimum atomic E-state index is 0.350. The van der Waals surface area contributed by atoms with Gasteiger partial charge in [-0.25, -0.2) is 0 Å². The van der Waals surface area contributed by atoms with Gasteiger partial charge in [-0.1, -0.05) is 12.8 Å². The number of aliphatic hydroxyl groups excluding tert-OH is 1. The monoisotopic (exact) mass is 309 g/mol. The molecule has 3 unspecified atom stereocenters. The summed E-state index contributed by atoms with van der Waals surface area (Å²) in [6.07, 6.45) is 10.5. The number of aliphatic hydroxyl groups is 1. The lowest BCUT2D eigenvalue weighted by Gasteiger charge is -2.45. The van der Waals surface area contributed by atoms with Crippen molar-refractivity contribution in [3.8, 4) is 0 Å². The number of likely N-dealkylation sites (tertiary alicyclic amines) is 2. The van der Waals surface area contributed by atoms with Crippen molar-refractivity contribution < 1.29 is 5.11 Å². The van der Waals surface area contributed by atoms with E-state index in [1.807, 2.05) is 0 Å². The van der Waals surface area contributed by atoms with Crippen LogP contribution in [0.25, 0.3) is 0 Å². The van der Waals surface area contributed by atoms with E-state index in [4.69, 9.17) is 0 Å². The Kier molecular flexibility index (Phi) is 6.54. The van der Waals surface area contributed by atoms with E-state index in [1.165, 1.54) is 84.2 Å². The van der Waals surface area contributed by atoms with Gasteiger partial charge in [0.1, 0.15) is 0 Å². The van der Waals surface area contributed by atoms with Crippen LogP contribution in [0.15, 0.2) is 0 Å². The quantitative estimate of drug-likeness (QED) is 0.811. The van der Waals surface area contributed by atoms with Crippen LogP contribution in [0.5, 0.6) is 0 Å². The molecule has 3 saturated heterocycles. The Labute approximate surface area is 136 Å². The Bertz CT molecular complexity index is 317. The first-order chi connectivity index (χ1) is 10.9. The zero-order valence-corrected chi connectivity index (χ0v) is 14.2. The van der Waals surface area contributed by atoms with Gasteiger partial charge < -0.3 is 10.4 Å². The van der Waals surface area contributed by atoms with E-state index < -0.39 is 0 Å². The fourth-order valence-electron chi connectivity index (χ4n) is 4.86. The maximum absolute atomic E-state index is 9.35. The van der Waals surface area contributed by atoms with Crippen LogP contribution in [0.1, 0.15) is 51.4 Å². The van der Waals surface area contributed by atoms with Gasteiger partial charge >= 0.3 is 0 Å². The minimum Gasteiger partial charge on any atom is -0.396 e. The average Bonchev–Trinajstić information content (AvgIpc) is 2.58. The van der Waals surface area contributed by atoms with Crippen LogP contribution in [0.4, 0.5) is 0 Å². The van der Waals surface area contributed by atoms with Crippen LogP contribution < -0.4 is 5.32 Å². The summed E-state index contributed by atoms with van der Waals surface area (Å²) < 4.78 is 0. The van der Waals surface area contributed by atoms with Crippen LogP contribution in [-0.2, 0) is 0 Å². The van der Waals surface area contributed by atoms with Gasteiger partial charge in [0, 0.05) is 31.8 Å². The molecule has 0 aromatic carbocycles. The Hall–Kier alpha value is -0.160. The molecule has 0 radical (unpaired) electrons. The van der Waals surface area contributed by atoms with Gasteiger partial charge in [0.05, 0.1) is 0 Å². The molecule has 0 amide bonds. The van der Waals surface area contributed by atoms with Crippen molar-refractivity contribution in [2.24, 2.45) is 5.92 Å². The summed E-state index contributed by atoms with van der Waals surface area (Å²) >= 11 is 0. The Balaban J connectivity index is 1.59. The van der Waals surface area contributed by atoms with Gasteiger partial charge in [-0.15, -0.1) is 0 Å². The second-order valence-corrected chi connectivity index (χ2v) is 7.57. The zero-order valence-electron chi connectivity index (χ0n) is 14.2. The summed E-state index contributed by atoms with van der Waals surface area (Å²) in [7, 11) is 0. The molecule has 3 rings (SSSR count). The minimum absolute atomic E-state index is 0.350. The molecule has 3 fully saturated rings. The number of hydrogen-bond acceptors (Lipinski definition) is 4. The van der Waals surface area contributed by atoms with Crippen LogP contribution >= 0.6 is 0 Å². The highest BCUT2D eigenvalue weighted by molar-refractivity contribution is 4.90. The van der Waals surface area contributed by atoms with Crippen LogP contribution in [0, 0.1) is 5.92 Å². The van der Waals surface area contributed by atoms with Crippen molar-refractivity contribution in [1.82, 2.24) is 15.1 Å². The van der Waals surface area contributed by atoms with Gasteiger partial charge in [0.15, 0.2) is 0 Å². The number of nitrogens with zero attached hydrogens (tertiary/aromatic N) is 2. The van der Waals surface area contributed by atoms with Gasteiger partial charge in [0.25, 0.3) is 0 Å². The maximum Gasteiger partial charge on any atom is 0.0445 e. The van der Waals surface area contributed by atoms with E-state index in [2.05, 4.69) is 15.1 Å². The predicted molar refractivity (Wildman–Crippen MR) is 91.1 cm³/mol. The first-order valence-corrected chi connectivity index (χ1v) is 9.68. The van der Waals surface area contributed by atoms with Crippen molar-refractivity contribution in [2.75, 3.05) is 45.9 Å². The molecule has 128 valence electrons. The predicted octanol–water partition coefficient (Wildman–Crippen LogP) is 1.69. The fraction of sp³-hybridized carbons (Fsp3) is 1.00. The Morgan fingerprint density at radius 1 is 0.955 bits per heavy atom. The molecule has 3 aliphatic rings. The maximum atomic E-state index is 9.35. The van der Waals surface area contributed by atoms with E-state index in [9.17, 15) is 5.11 Å². The molecule has 4 nitrogen and oxygen atoms in total. The standard InChI is InChI=1S/C18H35N3O/c22-13-8-17-6-2-5-12-21(17)15-16-7-9-19-14-18(16)20-10-3-1-4-11-20/h16-19,22H,1-15H2. The molecule has 2 N–H and O–H groups in total. The first-order valence-electron chi connectivity index (χ1n) is 9.68. The van der Waals surface area contributed by atoms with Gasteiger partial charge in [-0.2, -0.15) is 0 Å². The highest BCUT2D eigenvalue weighted by atomic mass is 16.3. The van der Waals surface area contributed by atoms with Crippen molar-refractivity contribution in [3.05, 3.63) is 0 Å². The zero-order chi connectivity index (χ0) is 15.2. The van der Waals surface area contributed by atoms with E-state index in [1.54, 1.807) is 0 Å². The number of rotatable bonds is 5. The normalized spacial score (nSPS) is 35.6. The molecule has 3 atom stereocenters. The van der Waals surface area contributed by atoms with Crippen molar-refractivity contribution in [3.63, 3.8) is 0 Å². The number of nitrogens with one attached hydrogen (secondary N) is 1. The molecule has 22 heavy (non-hydrogen) atoms. The molecule has 0 aromatic heterocycles.